The first-order valence-electron chi connectivity index (χ1n) is 9.95. The maximum atomic E-state index is 6.11. The van der Waals surface area contributed by atoms with Crippen LogP contribution in [0.25, 0.3) is 16.9 Å². The quantitative estimate of drug-likeness (QED) is 0.345. The highest BCUT2D eigenvalue weighted by Gasteiger charge is 2.21. The second-order valence-corrected chi connectivity index (χ2v) is 6.87. The van der Waals surface area contributed by atoms with Gasteiger partial charge in [0, 0.05) is 5.92 Å². The van der Waals surface area contributed by atoms with Crippen molar-refractivity contribution >= 4 is 16.9 Å². The summed E-state index contributed by atoms with van der Waals surface area (Å²) in [5.74, 6) is 1.11. The number of benzene rings is 2. The molecule has 0 saturated carbocycles. The van der Waals surface area contributed by atoms with Crippen LogP contribution in [0.15, 0.2) is 60.2 Å². The van der Waals surface area contributed by atoms with Crippen molar-refractivity contribution in [2.45, 2.75) is 52.4 Å². The van der Waals surface area contributed by atoms with Gasteiger partial charge in [-0.05, 0) is 43.5 Å². The van der Waals surface area contributed by atoms with Gasteiger partial charge in [-0.15, -0.1) is 5.10 Å². The number of nitrogens with zero attached hydrogens (tertiary/aromatic N) is 3. The number of allylic oxidation sites excluding steroid dienone is 1. The van der Waals surface area contributed by atoms with E-state index in [2.05, 4.69) is 54.5 Å². The summed E-state index contributed by atoms with van der Waals surface area (Å²) in [4.78, 5) is 0. The van der Waals surface area contributed by atoms with Crippen LogP contribution in [0.4, 0.5) is 0 Å². The van der Waals surface area contributed by atoms with Gasteiger partial charge in [-0.2, -0.15) is 4.68 Å². The van der Waals surface area contributed by atoms with E-state index in [9.17, 15) is 0 Å². The maximum absolute atomic E-state index is 6.11. The SMILES string of the molecule is CCCCCC(C(C)=C(OCC)n1nnc2ccccc21)c1ccccc1. The maximum Gasteiger partial charge on any atom is 0.215 e. The second-order valence-electron chi connectivity index (χ2n) is 6.87. The van der Waals surface area contributed by atoms with Crippen molar-refractivity contribution in [1.82, 2.24) is 15.0 Å². The van der Waals surface area contributed by atoms with Crippen LogP contribution in [0.2, 0.25) is 0 Å². The largest absolute Gasteiger partial charge is 0.478 e. The Labute approximate surface area is 161 Å². The van der Waals surface area contributed by atoms with Crippen LogP contribution >= 0.6 is 0 Å². The fourth-order valence-corrected chi connectivity index (χ4v) is 3.56. The second kappa shape index (κ2) is 9.36. The minimum atomic E-state index is 0.308. The van der Waals surface area contributed by atoms with Gasteiger partial charge < -0.3 is 4.74 Å². The Bertz CT molecular complexity index is 883. The van der Waals surface area contributed by atoms with Gasteiger partial charge in [-0.25, -0.2) is 0 Å². The van der Waals surface area contributed by atoms with E-state index in [0.29, 0.717) is 12.5 Å². The summed E-state index contributed by atoms with van der Waals surface area (Å²) in [6.45, 7) is 7.02. The number of rotatable bonds is 9. The average molecular weight is 364 g/mol. The summed E-state index contributed by atoms with van der Waals surface area (Å²) in [5, 5.41) is 8.70. The molecule has 1 heterocycles. The molecule has 0 fully saturated rings. The summed E-state index contributed by atoms with van der Waals surface area (Å²) >= 11 is 0. The first-order chi connectivity index (χ1) is 13.3. The Morgan fingerprint density at radius 3 is 2.48 bits per heavy atom. The molecule has 0 bridgehead atoms. The predicted molar refractivity (Wildman–Crippen MR) is 111 cm³/mol. The van der Waals surface area contributed by atoms with Crippen LogP contribution in [-0.2, 0) is 4.74 Å². The number of para-hydroxylation sites is 1. The molecule has 0 aliphatic carbocycles. The van der Waals surface area contributed by atoms with Gasteiger partial charge in [0.2, 0.25) is 5.88 Å². The van der Waals surface area contributed by atoms with Crippen LogP contribution in [0.5, 0.6) is 0 Å². The standard InChI is InChI=1S/C23H29N3O/c1-4-6-8-15-20(19-13-9-7-10-14-19)18(3)23(27-5-2)26-22-17-12-11-16-21(22)24-25-26/h7,9-14,16-17,20H,4-6,8,15H2,1-3H3. The summed E-state index contributed by atoms with van der Waals surface area (Å²) in [7, 11) is 0. The normalized spacial score (nSPS) is 13.4. The third-order valence-electron chi connectivity index (χ3n) is 4.98. The lowest BCUT2D eigenvalue weighted by Gasteiger charge is -2.22. The highest BCUT2D eigenvalue weighted by Crippen LogP contribution is 2.34. The van der Waals surface area contributed by atoms with Crippen molar-refractivity contribution in [3.63, 3.8) is 0 Å². The topological polar surface area (TPSA) is 39.9 Å². The number of hydrogen-bond donors (Lipinski definition) is 0. The molecule has 3 rings (SSSR count). The molecule has 1 atom stereocenters. The minimum Gasteiger partial charge on any atom is -0.478 e. The van der Waals surface area contributed by atoms with Gasteiger partial charge in [-0.3, -0.25) is 0 Å². The van der Waals surface area contributed by atoms with Gasteiger partial charge >= 0.3 is 0 Å². The van der Waals surface area contributed by atoms with Crippen molar-refractivity contribution in [3.05, 3.63) is 65.7 Å². The van der Waals surface area contributed by atoms with Crippen LogP contribution in [0.1, 0.15) is 57.9 Å². The van der Waals surface area contributed by atoms with Gasteiger partial charge in [0.1, 0.15) is 5.52 Å². The molecule has 0 spiro atoms. The zero-order valence-electron chi connectivity index (χ0n) is 16.6. The van der Waals surface area contributed by atoms with Crippen molar-refractivity contribution < 1.29 is 4.74 Å². The molecule has 0 aliphatic heterocycles. The monoisotopic (exact) mass is 363 g/mol. The molecule has 4 heteroatoms. The van der Waals surface area contributed by atoms with Gasteiger partial charge in [-0.1, -0.05) is 73.9 Å². The third-order valence-corrected chi connectivity index (χ3v) is 4.98. The third kappa shape index (κ3) is 4.38. The molecular formula is C23H29N3O. The van der Waals surface area contributed by atoms with Crippen molar-refractivity contribution in [1.29, 1.82) is 0 Å². The van der Waals surface area contributed by atoms with E-state index in [1.807, 2.05) is 35.9 Å². The first kappa shape index (κ1) is 19.2. The van der Waals surface area contributed by atoms with E-state index in [4.69, 9.17) is 4.74 Å². The number of unbranched alkanes of at least 4 members (excludes halogenated alkanes) is 2. The van der Waals surface area contributed by atoms with E-state index < -0.39 is 0 Å². The first-order valence-corrected chi connectivity index (χ1v) is 9.95. The molecule has 0 amide bonds. The van der Waals surface area contributed by atoms with Gasteiger partial charge in [0.25, 0.3) is 0 Å². The van der Waals surface area contributed by atoms with Crippen molar-refractivity contribution in [2.24, 2.45) is 0 Å². The number of ether oxygens (including phenoxy) is 1. The van der Waals surface area contributed by atoms with Crippen LogP contribution < -0.4 is 0 Å². The lowest BCUT2D eigenvalue weighted by molar-refractivity contribution is 0.267. The average Bonchev–Trinajstić information content (AvgIpc) is 3.13. The number of aromatic nitrogens is 3. The van der Waals surface area contributed by atoms with Crippen LogP contribution in [0.3, 0.4) is 0 Å². The lowest BCUT2D eigenvalue weighted by Crippen LogP contribution is -2.11. The fourth-order valence-electron chi connectivity index (χ4n) is 3.56. The summed E-state index contributed by atoms with van der Waals surface area (Å²) in [6.07, 6.45) is 4.76. The molecule has 0 N–H and O–H groups in total. The molecule has 1 unspecified atom stereocenters. The molecule has 4 nitrogen and oxygen atoms in total. The zero-order chi connectivity index (χ0) is 19.1. The number of hydrogen-bond acceptors (Lipinski definition) is 3. The van der Waals surface area contributed by atoms with Crippen molar-refractivity contribution in [3.8, 4) is 0 Å². The van der Waals surface area contributed by atoms with E-state index >= 15 is 0 Å². The fraction of sp³-hybridized carbons (Fsp3) is 0.391. The number of fused-ring (bicyclic) bond motifs is 1. The predicted octanol–water partition coefficient (Wildman–Crippen LogP) is 6.02. The molecule has 2 aromatic carbocycles. The molecule has 142 valence electrons. The molecule has 0 radical (unpaired) electrons. The summed E-state index contributed by atoms with van der Waals surface area (Å²) in [5.41, 5.74) is 4.38. The molecule has 0 aliphatic rings. The van der Waals surface area contributed by atoms with Gasteiger partial charge in [0.15, 0.2) is 0 Å². The highest BCUT2D eigenvalue weighted by atomic mass is 16.5. The van der Waals surface area contributed by atoms with E-state index in [1.165, 1.54) is 30.4 Å². The summed E-state index contributed by atoms with van der Waals surface area (Å²) in [6, 6.07) is 18.7. The molecule has 3 aromatic rings. The molecule has 0 saturated heterocycles. The molecular weight excluding hydrogens is 334 g/mol. The summed E-state index contributed by atoms with van der Waals surface area (Å²) < 4.78 is 7.96. The lowest BCUT2D eigenvalue weighted by atomic mass is 9.87. The molecule has 27 heavy (non-hydrogen) atoms. The Morgan fingerprint density at radius 1 is 1.00 bits per heavy atom. The Kier molecular flexibility index (Phi) is 6.64. The smallest absolute Gasteiger partial charge is 0.215 e. The van der Waals surface area contributed by atoms with Crippen LogP contribution in [-0.4, -0.2) is 21.6 Å². The van der Waals surface area contributed by atoms with E-state index in [1.54, 1.807) is 0 Å². The van der Waals surface area contributed by atoms with E-state index in [0.717, 1.165) is 23.3 Å². The van der Waals surface area contributed by atoms with Gasteiger partial charge in [0.05, 0.1) is 12.1 Å². The highest BCUT2D eigenvalue weighted by molar-refractivity contribution is 5.77. The van der Waals surface area contributed by atoms with Crippen molar-refractivity contribution in [2.75, 3.05) is 6.61 Å². The minimum absolute atomic E-state index is 0.308. The van der Waals surface area contributed by atoms with Crippen LogP contribution in [0, 0.1) is 0 Å². The van der Waals surface area contributed by atoms with E-state index in [-0.39, 0.29) is 0 Å². The Hall–Kier alpha value is -2.62. The zero-order valence-corrected chi connectivity index (χ0v) is 16.6. The Morgan fingerprint density at radius 2 is 1.74 bits per heavy atom. The Balaban J connectivity index is 2.07. The molecule has 1 aromatic heterocycles.